The van der Waals surface area contributed by atoms with Gasteiger partial charge in [-0.3, -0.25) is 9.59 Å². The van der Waals surface area contributed by atoms with E-state index in [1.165, 1.54) is 6.07 Å². The summed E-state index contributed by atoms with van der Waals surface area (Å²) in [5, 5.41) is 0.219. The molecule has 0 spiro atoms. The number of benzene rings is 1. The van der Waals surface area contributed by atoms with Crippen molar-refractivity contribution in [1.29, 1.82) is 0 Å². The molecule has 0 radical (unpaired) electrons. The summed E-state index contributed by atoms with van der Waals surface area (Å²) in [6.45, 7) is 1.87. The average Bonchev–Trinajstić information content (AvgIpc) is 2.43. The fourth-order valence-corrected chi connectivity index (χ4v) is 2.13. The molecule has 0 saturated heterocycles. The van der Waals surface area contributed by atoms with Gasteiger partial charge in [0.2, 0.25) is 0 Å². The van der Waals surface area contributed by atoms with Crippen LogP contribution >= 0.6 is 0 Å². The number of fused-ring (bicyclic) bond motifs is 2. The van der Waals surface area contributed by atoms with Crippen LogP contribution in [0.25, 0.3) is 0 Å². The van der Waals surface area contributed by atoms with Gasteiger partial charge in [0, 0.05) is 11.6 Å². The predicted octanol–water partition coefficient (Wildman–Crippen LogP) is -1.23. The topological polar surface area (TPSA) is 111 Å². The van der Waals surface area contributed by atoms with Crippen LogP contribution < -0.4 is 20.2 Å². The van der Waals surface area contributed by atoms with E-state index in [0.29, 0.717) is 18.4 Å². The van der Waals surface area contributed by atoms with Crippen LogP contribution in [0.1, 0.15) is 18.9 Å². The second-order valence-corrected chi connectivity index (χ2v) is 4.41. The lowest BCUT2D eigenvalue weighted by atomic mass is 10.1. The standard InChI is InChI=1S/C13H8N2O6/c1-2-3-5-8-7(20-12(18)11(17)15-8)4-6-9(5)21-13(19)10(16)14-6/h4H,2-3H2,1H3. The first kappa shape index (κ1) is 13.1. The predicted molar refractivity (Wildman–Crippen MR) is 64.0 cm³/mol. The van der Waals surface area contributed by atoms with Gasteiger partial charge in [0.1, 0.15) is 10.7 Å². The highest BCUT2D eigenvalue weighted by atomic mass is 16.6. The quantitative estimate of drug-likeness (QED) is 0.382. The first-order chi connectivity index (χ1) is 10.0. The van der Waals surface area contributed by atoms with Crippen molar-refractivity contribution in [2.24, 2.45) is 9.98 Å². The van der Waals surface area contributed by atoms with Crippen molar-refractivity contribution < 1.29 is 28.7 Å². The van der Waals surface area contributed by atoms with E-state index >= 15 is 0 Å². The number of carbonyl (C=O) groups excluding carboxylic acids is 4. The van der Waals surface area contributed by atoms with Crippen LogP contribution in [0.5, 0.6) is 11.5 Å². The number of nitrogens with zero attached hydrogens (tertiary/aromatic N) is 2. The van der Waals surface area contributed by atoms with E-state index in [2.05, 4.69) is 9.98 Å². The van der Waals surface area contributed by atoms with E-state index < -0.39 is 23.8 Å². The second-order valence-electron chi connectivity index (χ2n) is 4.41. The van der Waals surface area contributed by atoms with Crippen LogP contribution in [0.2, 0.25) is 0 Å². The van der Waals surface area contributed by atoms with Crippen molar-refractivity contribution in [3.63, 3.8) is 0 Å². The maximum atomic E-state index is 11.4. The molecule has 1 aromatic rings. The Kier molecular flexibility index (Phi) is 2.86. The number of carbonyl (C=O) groups is 4. The molecule has 0 aromatic heterocycles. The molecule has 0 atom stereocenters. The van der Waals surface area contributed by atoms with Crippen molar-refractivity contribution in [3.8, 4) is 11.5 Å². The van der Waals surface area contributed by atoms with Crippen LogP contribution in [-0.4, -0.2) is 23.8 Å². The molecule has 0 unspecified atom stereocenters. The third kappa shape index (κ3) is 2.00. The zero-order valence-corrected chi connectivity index (χ0v) is 10.8. The van der Waals surface area contributed by atoms with Gasteiger partial charge in [0.05, 0.1) is 0 Å². The Hall–Kier alpha value is -2.90. The highest BCUT2D eigenvalue weighted by Crippen LogP contribution is 2.20. The van der Waals surface area contributed by atoms with Gasteiger partial charge in [0.25, 0.3) is 0 Å². The molecule has 3 rings (SSSR count). The van der Waals surface area contributed by atoms with Crippen molar-refractivity contribution in [1.82, 2.24) is 0 Å². The summed E-state index contributed by atoms with van der Waals surface area (Å²) in [7, 11) is 0. The van der Waals surface area contributed by atoms with E-state index in [1.54, 1.807) is 0 Å². The number of hydrogen-bond acceptors (Lipinski definition) is 6. The van der Waals surface area contributed by atoms with Crippen LogP contribution in [-0.2, 0) is 25.6 Å². The summed E-state index contributed by atoms with van der Waals surface area (Å²) in [6.07, 6.45) is 1.07. The van der Waals surface area contributed by atoms with Gasteiger partial charge >= 0.3 is 23.8 Å². The van der Waals surface area contributed by atoms with Gasteiger partial charge in [-0.15, -0.1) is 0 Å². The van der Waals surface area contributed by atoms with Gasteiger partial charge in [-0.25, -0.2) is 9.59 Å². The fraction of sp³-hybridized carbons (Fsp3) is 0.231. The molecule has 1 aromatic carbocycles. The van der Waals surface area contributed by atoms with Crippen LogP contribution in [0, 0.1) is 0 Å². The Bertz CT molecular complexity index is 839. The van der Waals surface area contributed by atoms with E-state index in [4.69, 9.17) is 9.47 Å². The maximum absolute atomic E-state index is 11.4. The molecule has 2 amide bonds. The molecule has 2 aliphatic heterocycles. The van der Waals surface area contributed by atoms with Gasteiger partial charge < -0.3 is 9.47 Å². The van der Waals surface area contributed by atoms with Crippen LogP contribution in [0.3, 0.4) is 0 Å². The van der Waals surface area contributed by atoms with E-state index in [9.17, 15) is 19.2 Å². The maximum Gasteiger partial charge on any atom is 0.404 e. The third-order valence-electron chi connectivity index (χ3n) is 2.98. The molecule has 0 fully saturated rings. The lowest BCUT2D eigenvalue weighted by Crippen LogP contribution is -2.37. The first-order valence-corrected chi connectivity index (χ1v) is 6.17. The minimum atomic E-state index is -1.11. The Balaban J connectivity index is 2.37. The number of hydrogen-bond donors (Lipinski definition) is 0. The number of ether oxygens (including phenoxy) is 2. The molecule has 0 aliphatic carbocycles. The summed E-state index contributed by atoms with van der Waals surface area (Å²) < 4.78 is 9.83. The molecule has 0 N–H and O–H groups in total. The summed E-state index contributed by atoms with van der Waals surface area (Å²) in [5.74, 6) is -4.18. The molecular weight excluding hydrogens is 280 g/mol. The number of esters is 2. The molecule has 2 heterocycles. The zero-order chi connectivity index (χ0) is 15.1. The Labute approximate surface area is 117 Å². The van der Waals surface area contributed by atoms with Gasteiger partial charge in [0.15, 0.2) is 11.5 Å². The molecule has 0 saturated carbocycles. The molecule has 2 aliphatic rings. The summed E-state index contributed by atoms with van der Waals surface area (Å²) in [4.78, 5) is 52.5. The molecule has 8 nitrogen and oxygen atoms in total. The van der Waals surface area contributed by atoms with Crippen molar-refractivity contribution in [3.05, 3.63) is 22.3 Å². The van der Waals surface area contributed by atoms with Crippen molar-refractivity contribution in [2.45, 2.75) is 19.8 Å². The first-order valence-electron chi connectivity index (χ1n) is 6.17. The van der Waals surface area contributed by atoms with Crippen LogP contribution in [0.4, 0.5) is 0 Å². The largest absolute Gasteiger partial charge is 0.417 e. The number of rotatable bonds is 2. The highest BCUT2D eigenvalue weighted by molar-refractivity contribution is 6.34. The highest BCUT2D eigenvalue weighted by Gasteiger charge is 2.30. The Morgan fingerprint density at radius 1 is 1.00 bits per heavy atom. The minimum absolute atomic E-state index is 0.0244. The van der Waals surface area contributed by atoms with E-state index in [0.717, 1.165) is 0 Å². The lowest BCUT2D eigenvalue weighted by molar-refractivity contribution is -0.148. The molecular formula is C13H8N2O6. The molecule has 21 heavy (non-hydrogen) atoms. The van der Waals surface area contributed by atoms with E-state index in [-0.39, 0.29) is 22.2 Å². The SMILES string of the molecule is CCCc1c2c(cc3c1=NC(=O)C(=O)O3)=NC(=O)C(=O)O2. The molecule has 106 valence electrons. The second kappa shape index (κ2) is 4.58. The monoisotopic (exact) mass is 288 g/mol. The lowest BCUT2D eigenvalue weighted by Gasteiger charge is -2.16. The van der Waals surface area contributed by atoms with Gasteiger partial charge in [-0.1, -0.05) is 13.3 Å². The normalized spacial score (nSPS) is 16.2. The van der Waals surface area contributed by atoms with Crippen LogP contribution in [0.15, 0.2) is 16.1 Å². The Morgan fingerprint density at radius 2 is 1.67 bits per heavy atom. The molecule has 0 bridgehead atoms. The van der Waals surface area contributed by atoms with E-state index in [1.807, 2.05) is 6.92 Å². The summed E-state index contributed by atoms with van der Waals surface area (Å²) >= 11 is 0. The third-order valence-corrected chi connectivity index (χ3v) is 2.98. The average molecular weight is 288 g/mol. The summed E-state index contributed by atoms with van der Waals surface area (Å²) in [6, 6.07) is 1.25. The fourth-order valence-electron chi connectivity index (χ4n) is 2.13. The zero-order valence-electron chi connectivity index (χ0n) is 10.8. The Morgan fingerprint density at radius 3 is 2.38 bits per heavy atom. The smallest absolute Gasteiger partial charge is 0.404 e. The number of amides is 2. The van der Waals surface area contributed by atoms with Gasteiger partial charge in [-0.2, -0.15) is 9.98 Å². The van der Waals surface area contributed by atoms with Gasteiger partial charge in [-0.05, 0) is 6.42 Å². The van der Waals surface area contributed by atoms with Crippen molar-refractivity contribution >= 4 is 23.8 Å². The molecule has 8 heteroatoms. The minimum Gasteiger partial charge on any atom is -0.417 e. The summed E-state index contributed by atoms with van der Waals surface area (Å²) in [5.41, 5.74) is 0.412. The van der Waals surface area contributed by atoms with Crippen molar-refractivity contribution in [2.75, 3.05) is 0 Å².